The van der Waals surface area contributed by atoms with Gasteiger partial charge in [-0.25, -0.2) is 0 Å². The summed E-state index contributed by atoms with van der Waals surface area (Å²) in [5.74, 6) is -0.320. The van der Waals surface area contributed by atoms with Crippen molar-refractivity contribution in [2.75, 3.05) is 6.61 Å². The molecule has 0 aliphatic rings. The van der Waals surface area contributed by atoms with Crippen molar-refractivity contribution in [2.24, 2.45) is 0 Å². The van der Waals surface area contributed by atoms with Gasteiger partial charge in [0.05, 0.1) is 0 Å². The van der Waals surface area contributed by atoms with E-state index in [4.69, 9.17) is 4.74 Å². The quantitative estimate of drug-likeness (QED) is 0.620. The van der Waals surface area contributed by atoms with Gasteiger partial charge in [0.25, 0.3) is 0 Å². The molecule has 0 aromatic heterocycles. The standard InChI is InChI=1S/C12H16O3Se/c1-2-15-12(14)8-10(13)9-16-11-6-4-3-5-7-11/h3-7,10,13H,2,8-9H2,1H3. The van der Waals surface area contributed by atoms with Crippen molar-refractivity contribution in [3.63, 3.8) is 0 Å². The average Bonchev–Trinajstić information content (AvgIpc) is 2.28. The zero-order valence-electron chi connectivity index (χ0n) is 9.26. The molecule has 1 unspecified atom stereocenters. The first-order valence-corrected chi connectivity index (χ1v) is 7.30. The number of carbonyl (C=O) groups excluding carboxylic acids is 1. The molecule has 1 rings (SSSR count). The Morgan fingerprint density at radius 1 is 1.44 bits per heavy atom. The van der Waals surface area contributed by atoms with Crippen LogP contribution in [0.25, 0.3) is 0 Å². The first kappa shape index (κ1) is 13.2. The van der Waals surface area contributed by atoms with Crippen LogP contribution in [0.3, 0.4) is 0 Å². The van der Waals surface area contributed by atoms with E-state index in [-0.39, 0.29) is 27.3 Å². The number of hydrogen-bond acceptors (Lipinski definition) is 3. The van der Waals surface area contributed by atoms with Crippen molar-refractivity contribution in [1.82, 2.24) is 0 Å². The zero-order valence-corrected chi connectivity index (χ0v) is 11.0. The molecule has 4 heteroatoms. The predicted octanol–water partition coefficient (Wildman–Crippen LogP) is 0.748. The number of ether oxygens (including phenoxy) is 1. The molecular weight excluding hydrogens is 271 g/mol. The molecule has 0 saturated heterocycles. The monoisotopic (exact) mass is 288 g/mol. The molecule has 1 aromatic rings. The predicted molar refractivity (Wildman–Crippen MR) is 63.9 cm³/mol. The third-order valence-corrected chi connectivity index (χ3v) is 4.32. The SMILES string of the molecule is CCOC(=O)CC(O)C[Se]c1ccccc1. The Hall–Kier alpha value is -0.831. The van der Waals surface area contributed by atoms with Crippen LogP contribution in [0.1, 0.15) is 13.3 Å². The van der Waals surface area contributed by atoms with Gasteiger partial charge in [0, 0.05) is 0 Å². The third-order valence-electron chi connectivity index (χ3n) is 1.89. The van der Waals surface area contributed by atoms with Gasteiger partial charge >= 0.3 is 102 Å². The van der Waals surface area contributed by atoms with Crippen molar-refractivity contribution in [1.29, 1.82) is 0 Å². The van der Waals surface area contributed by atoms with E-state index < -0.39 is 6.10 Å². The van der Waals surface area contributed by atoms with E-state index in [2.05, 4.69) is 0 Å². The molecule has 1 aromatic carbocycles. The second-order valence-electron chi connectivity index (χ2n) is 3.29. The number of aliphatic hydroxyl groups excluding tert-OH is 1. The van der Waals surface area contributed by atoms with E-state index in [1.165, 1.54) is 4.46 Å². The second kappa shape index (κ2) is 7.44. The van der Waals surface area contributed by atoms with Crippen molar-refractivity contribution in [3.05, 3.63) is 30.3 Å². The molecule has 0 amide bonds. The Kier molecular flexibility index (Phi) is 6.16. The first-order valence-electron chi connectivity index (χ1n) is 5.24. The minimum absolute atomic E-state index is 0.0996. The van der Waals surface area contributed by atoms with E-state index in [9.17, 15) is 9.90 Å². The van der Waals surface area contributed by atoms with Crippen molar-refractivity contribution >= 4 is 25.4 Å². The molecule has 0 bridgehead atoms. The van der Waals surface area contributed by atoms with Gasteiger partial charge in [0.2, 0.25) is 0 Å². The van der Waals surface area contributed by atoms with Crippen molar-refractivity contribution in [2.45, 2.75) is 24.8 Å². The van der Waals surface area contributed by atoms with E-state index in [1.54, 1.807) is 6.92 Å². The molecule has 0 fully saturated rings. The topological polar surface area (TPSA) is 46.5 Å². The van der Waals surface area contributed by atoms with Gasteiger partial charge in [0.15, 0.2) is 0 Å². The Morgan fingerprint density at radius 3 is 2.75 bits per heavy atom. The number of benzene rings is 1. The molecule has 0 saturated carbocycles. The summed E-state index contributed by atoms with van der Waals surface area (Å²) in [6.07, 6.45) is -0.484. The maximum atomic E-state index is 11.1. The van der Waals surface area contributed by atoms with Crippen LogP contribution < -0.4 is 4.46 Å². The third kappa shape index (κ3) is 5.31. The summed E-state index contributed by atoms with van der Waals surface area (Å²) in [5.41, 5.74) is 0. The number of hydrogen-bond donors (Lipinski definition) is 1. The Bertz CT molecular complexity index is 313. The molecule has 0 aliphatic heterocycles. The molecule has 1 atom stereocenters. The van der Waals surface area contributed by atoms with Crippen LogP contribution >= 0.6 is 0 Å². The summed E-state index contributed by atoms with van der Waals surface area (Å²) in [4.78, 5) is 11.1. The molecule has 16 heavy (non-hydrogen) atoms. The Balaban J connectivity index is 2.25. The molecule has 0 spiro atoms. The molecule has 0 aliphatic carbocycles. The average molecular weight is 287 g/mol. The van der Waals surface area contributed by atoms with Crippen molar-refractivity contribution in [3.8, 4) is 0 Å². The summed E-state index contributed by atoms with van der Waals surface area (Å²) < 4.78 is 6.01. The summed E-state index contributed by atoms with van der Waals surface area (Å²) >= 11 is 0.215. The maximum absolute atomic E-state index is 11.1. The molecule has 0 heterocycles. The fourth-order valence-corrected chi connectivity index (χ4v) is 2.97. The van der Waals surface area contributed by atoms with Gasteiger partial charge in [-0.05, 0) is 0 Å². The van der Waals surface area contributed by atoms with Gasteiger partial charge in [-0.15, -0.1) is 0 Å². The van der Waals surface area contributed by atoms with Gasteiger partial charge in [-0.2, -0.15) is 0 Å². The van der Waals surface area contributed by atoms with Crippen LogP contribution in [0.5, 0.6) is 0 Å². The zero-order chi connectivity index (χ0) is 11.8. The molecule has 0 radical (unpaired) electrons. The van der Waals surface area contributed by atoms with Crippen LogP contribution in [0.15, 0.2) is 30.3 Å². The first-order chi connectivity index (χ1) is 7.72. The molecule has 88 valence electrons. The Labute approximate surface area is 102 Å². The molecular formula is C12H16O3Se. The van der Waals surface area contributed by atoms with E-state index in [0.717, 1.165) is 0 Å². The summed E-state index contributed by atoms with van der Waals surface area (Å²) in [6.45, 7) is 2.13. The summed E-state index contributed by atoms with van der Waals surface area (Å²) in [6, 6.07) is 10.0. The van der Waals surface area contributed by atoms with Crippen LogP contribution in [-0.4, -0.2) is 38.7 Å². The van der Waals surface area contributed by atoms with Gasteiger partial charge in [-0.3, -0.25) is 0 Å². The molecule has 3 nitrogen and oxygen atoms in total. The number of carbonyl (C=O) groups is 1. The fraction of sp³-hybridized carbons (Fsp3) is 0.417. The number of esters is 1. The van der Waals surface area contributed by atoms with Gasteiger partial charge < -0.3 is 0 Å². The summed E-state index contributed by atoms with van der Waals surface area (Å²) in [7, 11) is 0. The van der Waals surface area contributed by atoms with E-state index in [1.807, 2.05) is 30.3 Å². The molecule has 1 N–H and O–H groups in total. The fourth-order valence-electron chi connectivity index (χ4n) is 1.18. The number of rotatable bonds is 6. The van der Waals surface area contributed by atoms with Gasteiger partial charge in [0.1, 0.15) is 0 Å². The van der Waals surface area contributed by atoms with E-state index in [0.29, 0.717) is 11.9 Å². The normalized spacial score (nSPS) is 12.1. The van der Waals surface area contributed by atoms with Gasteiger partial charge in [-0.1, -0.05) is 0 Å². The minimum atomic E-state index is -0.584. The van der Waals surface area contributed by atoms with Crippen LogP contribution in [0.2, 0.25) is 5.32 Å². The Morgan fingerprint density at radius 2 is 2.12 bits per heavy atom. The summed E-state index contributed by atoms with van der Waals surface area (Å²) in [5, 5.41) is 10.3. The van der Waals surface area contributed by atoms with E-state index >= 15 is 0 Å². The van der Waals surface area contributed by atoms with Crippen LogP contribution in [0, 0.1) is 0 Å². The number of aliphatic hydroxyl groups is 1. The van der Waals surface area contributed by atoms with Crippen LogP contribution in [0.4, 0.5) is 0 Å². The second-order valence-corrected chi connectivity index (χ2v) is 5.58. The van der Waals surface area contributed by atoms with Crippen molar-refractivity contribution < 1.29 is 14.6 Å². The van der Waals surface area contributed by atoms with Crippen LogP contribution in [-0.2, 0) is 9.53 Å².